The molecule has 6 nitrogen and oxygen atoms in total. The number of nitrogens with zero attached hydrogens (tertiary/aromatic N) is 2. The zero-order valence-electron chi connectivity index (χ0n) is 21.3. The van der Waals surface area contributed by atoms with E-state index in [0.29, 0.717) is 16.7 Å². The van der Waals surface area contributed by atoms with E-state index in [1.807, 2.05) is 102 Å². The monoisotopic (exact) mass is 584 g/mol. The molecule has 2 aromatic heterocycles. The summed E-state index contributed by atoms with van der Waals surface area (Å²) < 4.78 is 6.34. The number of amides is 1. The Morgan fingerprint density at radius 1 is 1.00 bits per heavy atom. The summed E-state index contributed by atoms with van der Waals surface area (Å²) in [6.07, 6.45) is 2.02. The van der Waals surface area contributed by atoms with Gasteiger partial charge in [-0.05, 0) is 72.2 Å². The van der Waals surface area contributed by atoms with Crippen LogP contribution >= 0.6 is 35.6 Å². The van der Waals surface area contributed by atoms with Gasteiger partial charge in [0.05, 0.1) is 11.7 Å². The lowest BCUT2D eigenvalue weighted by Gasteiger charge is -2.25. The molecule has 0 spiro atoms. The number of aromatic nitrogens is 1. The molecule has 0 bridgehead atoms. The maximum Gasteiger partial charge on any atom is 0.226 e. The van der Waals surface area contributed by atoms with Crippen LogP contribution in [0, 0.1) is 0 Å². The minimum absolute atomic E-state index is 0.0855. The highest BCUT2D eigenvalue weighted by Gasteiger charge is 2.41. The molecule has 2 atom stereocenters. The van der Waals surface area contributed by atoms with Gasteiger partial charge >= 0.3 is 0 Å². The van der Waals surface area contributed by atoms with Gasteiger partial charge in [0.25, 0.3) is 0 Å². The van der Waals surface area contributed by atoms with E-state index in [4.69, 9.17) is 28.2 Å². The normalized spacial score (nSPS) is 16.7. The molecule has 6 rings (SSSR count). The van der Waals surface area contributed by atoms with Gasteiger partial charge in [-0.25, -0.2) is 0 Å². The number of pyridine rings is 1. The predicted molar refractivity (Wildman–Crippen MR) is 164 cm³/mol. The summed E-state index contributed by atoms with van der Waals surface area (Å²) in [5.41, 5.74) is 1.64. The minimum Gasteiger partial charge on any atom is -0.452 e. The number of rotatable bonds is 8. The Balaban J connectivity index is 1.22. The Bertz CT molecular complexity index is 1650. The van der Waals surface area contributed by atoms with Crippen LogP contribution in [0.1, 0.15) is 30.0 Å². The fourth-order valence-corrected chi connectivity index (χ4v) is 6.13. The predicted octanol–water partition coefficient (Wildman–Crippen LogP) is 7.63. The third-order valence-electron chi connectivity index (χ3n) is 6.77. The van der Waals surface area contributed by atoms with Crippen molar-refractivity contribution in [3.05, 3.63) is 120 Å². The van der Waals surface area contributed by atoms with Gasteiger partial charge in [-0.15, -0.1) is 0 Å². The number of halogens is 1. The molecule has 1 fully saturated rings. The maximum atomic E-state index is 13.1. The second-order valence-corrected chi connectivity index (χ2v) is 11.3. The maximum absolute atomic E-state index is 13.1. The van der Waals surface area contributed by atoms with Crippen LogP contribution in [0.4, 0.5) is 5.69 Å². The Hall–Kier alpha value is -3.85. The lowest BCUT2D eigenvalue weighted by molar-refractivity contribution is -0.116. The van der Waals surface area contributed by atoms with Crippen LogP contribution in [0.15, 0.2) is 118 Å². The fourth-order valence-electron chi connectivity index (χ4n) is 4.89. The van der Waals surface area contributed by atoms with Crippen molar-refractivity contribution in [2.75, 3.05) is 11.9 Å². The molecule has 2 N–H and O–H groups in total. The summed E-state index contributed by atoms with van der Waals surface area (Å²) in [6, 6.07) is 30.8. The van der Waals surface area contributed by atoms with Gasteiger partial charge in [0, 0.05) is 40.2 Å². The lowest BCUT2D eigenvalue weighted by Crippen LogP contribution is -2.32. The number of hydrogen-bond acceptors (Lipinski definition) is 5. The molecule has 1 aliphatic rings. The van der Waals surface area contributed by atoms with Gasteiger partial charge in [0.15, 0.2) is 10.2 Å². The minimum atomic E-state index is -0.271. The van der Waals surface area contributed by atoms with E-state index in [1.54, 1.807) is 6.20 Å². The van der Waals surface area contributed by atoms with Crippen molar-refractivity contribution in [2.45, 2.75) is 28.5 Å². The second-order valence-electron chi connectivity index (χ2n) is 9.36. The van der Waals surface area contributed by atoms with Gasteiger partial charge in [0.1, 0.15) is 11.8 Å². The van der Waals surface area contributed by atoms with Crippen LogP contribution in [0.2, 0.25) is 5.02 Å². The van der Waals surface area contributed by atoms with E-state index in [1.165, 1.54) is 11.8 Å². The summed E-state index contributed by atoms with van der Waals surface area (Å²) in [5.74, 6) is 0.659. The largest absolute Gasteiger partial charge is 0.452 e. The molecule has 1 aliphatic heterocycles. The van der Waals surface area contributed by atoms with Crippen molar-refractivity contribution < 1.29 is 9.21 Å². The third kappa shape index (κ3) is 5.70. The van der Waals surface area contributed by atoms with Crippen molar-refractivity contribution >= 4 is 63.1 Å². The molecule has 9 heteroatoms. The summed E-state index contributed by atoms with van der Waals surface area (Å²) in [6.45, 7) is 0.413. The molecule has 1 saturated heterocycles. The number of anilines is 1. The van der Waals surface area contributed by atoms with Gasteiger partial charge < -0.3 is 20.0 Å². The van der Waals surface area contributed by atoms with E-state index in [2.05, 4.69) is 15.6 Å². The molecule has 40 heavy (non-hydrogen) atoms. The molecule has 0 radical (unpaired) electrons. The van der Waals surface area contributed by atoms with E-state index < -0.39 is 0 Å². The Morgan fingerprint density at radius 2 is 1.80 bits per heavy atom. The van der Waals surface area contributed by atoms with Crippen LogP contribution in [0.25, 0.3) is 10.8 Å². The highest BCUT2D eigenvalue weighted by molar-refractivity contribution is 7.99. The first-order valence-electron chi connectivity index (χ1n) is 12.8. The van der Waals surface area contributed by atoms with E-state index in [0.717, 1.165) is 37.9 Å². The molecule has 1 amide bonds. The molecule has 3 heterocycles. The number of thiocarbonyl (C=S) groups is 1. The molecule has 5 aromatic rings. The highest BCUT2D eigenvalue weighted by atomic mass is 35.5. The number of nitrogens with one attached hydrogen (secondary N) is 2. The number of hydrogen-bond donors (Lipinski definition) is 2. The topological polar surface area (TPSA) is 70.4 Å². The SMILES string of the molecule is O=C(CCN1C(=S)N[C@@H](c2ccccn2)[C@H]1c1ccc(Sc2ccc(Cl)cc2)o1)Nc1cccc2ccccc12. The number of furan rings is 1. The van der Waals surface area contributed by atoms with Crippen molar-refractivity contribution in [2.24, 2.45) is 0 Å². The molecule has 0 saturated carbocycles. The van der Waals surface area contributed by atoms with E-state index in [9.17, 15) is 4.79 Å². The summed E-state index contributed by atoms with van der Waals surface area (Å²) in [4.78, 5) is 20.7. The zero-order valence-corrected chi connectivity index (χ0v) is 23.7. The smallest absolute Gasteiger partial charge is 0.226 e. The first-order valence-corrected chi connectivity index (χ1v) is 14.4. The second kappa shape index (κ2) is 11.7. The first kappa shape index (κ1) is 26.4. The standard InChI is InChI=1S/C31H25ClN4O2S2/c32-21-11-13-22(14-12-21)40-28-16-15-26(38-28)30-29(25-9-3-4-18-33-25)35-31(39)36(30)19-17-27(37)34-24-10-5-7-20-6-1-2-8-23(20)24/h1-16,18,29-30H,17,19H2,(H,34,37)(H,35,39)/t29-,30+/m0/s1. The molecular weight excluding hydrogens is 560 g/mol. The number of carbonyl (C=O) groups is 1. The first-order chi connectivity index (χ1) is 19.5. The van der Waals surface area contributed by atoms with Crippen LogP contribution in [0.5, 0.6) is 0 Å². The van der Waals surface area contributed by atoms with Crippen molar-refractivity contribution in [3.63, 3.8) is 0 Å². The van der Waals surface area contributed by atoms with Gasteiger partial charge in [-0.1, -0.05) is 65.8 Å². The average molecular weight is 585 g/mol. The molecule has 3 aromatic carbocycles. The fraction of sp³-hybridized carbons (Fsp3) is 0.129. The summed E-state index contributed by atoms with van der Waals surface area (Å²) in [5, 5.41) is 10.6. The van der Waals surface area contributed by atoms with E-state index >= 15 is 0 Å². The number of fused-ring (bicyclic) bond motifs is 1. The summed E-state index contributed by atoms with van der Waals surface area (Å²) >= 11 is 13.3. The number of carbonyl (C=O) groups excluding carboxylic acids is 1. The Kier molecular flexibility index (Phi) is 7.73. The van der Waals surface area contributed by atoms with Crippen molar-refractivity contribution in [3.8, 4) is 0 Å². The van der Waals surface area contributed by atoms with Crippen LogP contribution in [0.3, 0.4) is 0 Å². The highest BCUT2D eigenvalue weighted by Crippen LogP contribution is 2.41. The quantitative estimate of drug-likeness (QED) is 0.182. The van der Waals surface area contributed by atoms with Crippen LogP contribution in [-0.4, -0.2) is 27.4 Å². The molecule has 0 unspecified atom stereocenters. The van der Waals surface area contributed by atoms with Crippen LogP contribution in [-0.2, 0) is 4.79 Å². The van der Waals surface area contributed by atoms with Crippen molar-refractivity contribution in [1.82, 2.24) is 15.2 Å². The molecule has 0 aliphatic carbocycles. The van der Waals surface area contributed by atoms with Crippen molar-refractivity contribution in [1.29, 1.82) is 0 Å². The third-order valence-corrected chi connectivity index (χ3v) is 8.30. The van der Waals surface area contributed by atoms with Gasteiger partial charge in [0.2, 0.25) is 5.91 Å². The number of benzene rings is 3. The lowest BCUT2D eigenvalue weighted by atomic mass is 10.0. The van der Waals surface area contributed by atoms with Gasteiger partial charge in [-0.2, -0.15) is 0 Å². The molecular formula is C31H25ClN4O2S2. The van der Waals surface area contributed by atoms with E-state index in [-0.39, 0.29) is 24.4 Å². The Morgan fingerprint density at radius 3 is 2.62 bits per heavy atom. The van der Waals surface area contributed by atoms with Crippen LogP contribution < -0.4 is 10.6 Å². The molecule has 200 valence electrons. The zero-order chi connectivity index (χ0) is 27.5. The average Bonchev–Trinajstić information content (AvgIpc) is 3.57. The summed E-state index contributed by atoms with van der Waals surface area (Å²) in [7, 11) is 0. The van der Waals surface area contributed by atoms with Gasteiger partial charge in [-0.3, -0.25) is 9.78 Å². The Labute approximate surface area is 246 Å².